The molecule has 100 valence electrons. The smallest absolute Gasteiger partial charge is 0.184 e. The van der Waals surface area contributed by atoms with Gasteiger partial charge in [-0.1, -0.05) is 6.92 Å². The molecule has 1 aromatic carbocycles. The SMILES string of the molecule is CNC1c2cc(F)cc(F)c2S(=O)(=O)C(C)C1C. The summed E-state index contributed by atoms with van der Waals surface area (Å²) in [6, 6.07) is 1.34. The summed E-state index contributed by atoms with van der Waals surface area (Å²) in [5.74, 6) is -2.03. The van der Waals surface area contributed by atoms with E-state index in [0.717, 1.165) is 6.07 Å². The molecule has 0 fully saturated rings. The Morgan fingerprint density at radius 3 is 2.39 bits per heavy atom. The van der Waals surface area contributed by atoms with Gasteiger partial charge in [0.15, 0.2) is 9.84 Å². The lowest BCUT2D eigenvalue weighted by Crippen LogP contribution is -2.41. The molecule has 0 aromatic heterocycles. The maximum absolute atomic E-state index is 13.8. The number of benzene rings is 1. The van der Waals surface area contributed by atoms with E-state index in [1.807, 2.05) is 0 Å². The summed E-state index contributed by atoms with van der Waals surface area (Å²) in [6.07, 6.45) is 0. The average molecular weight is 275 g/mol. The Balaban J connectivity index is 2.81. The van der Waals surface area contributed by atoms with E-state index in [4.69, 9.17) is 0 Å². The van der Waals surface area contributed by atoms with Gasteiger partial charge in [0.05, 0.1) is 5.25 Å². The second-order valence-corrected chi connectivity index (χ2v) is 6.92. The minimum absolute atomic E-state index is 0.181. The molecule has 0 saturated heterocycles. The third kappa shape index (κ3) is 1.75. The fraction of sp³-hybridized carbons (Fsp3) is 0.500. The summed E-state index contributed by atoms with van der Waals surface area (Å²) in [5, 5.41) is 2.23. The molecule has 6 heteroatoms. The molecule has 3 unspecified atom stereocenters. The third-order valence-electron chi connectivity index (χ3n) is 3.72. The van der Waals surface area contributed by atoms with Crippen LogP contribution in [-0.2, 0) is 9.84 Å². The van der Waals surface area contributed by atoms with Gasteiger partial charge in [-0.3, -0.25) is 0 Å². The summed E-state index contributed by atoms with van der Waals surface area (Å²) in [4.78, 5) is -0.367. The van der Waals surface area contributed by atoms with Crippen LogP contribution in [-0.4, -0.2) is 20.7 Å². The van der Waals surface area contributed by atoms with Gasteiger partial charge >= 0.3 is 0 Å². The van der Waals surface area contributed by atoms with Gasteiger partial charge in [-0.05, 0) is 31.5 Å². The van der Waals surface area contributed by atoms with Crippen molar-refractivity contribution >= 4 is 9.84 Å². The van der Waals surface area contributed by atoms with Crippen molar-refractivity contribution in [3.63, 3.8) is 0 Å². The summed E-state index contributed by atoms with van der Waals surface area (Å²) in [7, 11) is -2.09. The van der Waals surface area contributed by atoms with Crippen molar-refractivity contribution < 1.29 is 17.2 Å². The van der Waals surface area contributed by atoms with Crippen LogP contribution in [0.15, 0.2) is 17.0 Å². The standard InChI is InChI=1S/C12H15F2NO2S/c1-6-7(2)18(16,17)12-9(11(6)15-3)4-8(13)5-10(12)14/h4-7,11,15H,1-3H3. The Morgan fingerprint density at radius 2 is 1.83 bits per heavy atom. The number of hydrogen-bond acceptors (Lipinski definition) is 3. The molecule has 3 nitrogen and oxygen atoms in total. The number of sulfone groups is 1. The van der Waals surface area contributed by atoms with Gasteiger partial charge in [0, 0.05) is 12.1 Å². The first-order valence-electron chi connectivity index (χ1n) is 5.70. The largest absolute Gasteiger partial charge is 0.313 e. The molecule has 0 bridgehead atoms. The van der Waals surface area contributed by atoms with E-state index in [1.54, 1.807) is 20.9 Å². The van der Waals surface area contributed by atoms with E-state index in [2.05, 4.69) is 5.32 Å². The Kier molecular flexibility index (Phi) is 3.19. The zero-order valence-corrected chi connectivity index (χ0v) is 11.2. The van der Waals surface area contributed by atoms with Crippen LogP contribution in [0.25, 0.3) is 0 Å². The summed E-state index contributed by atoms with van der Waals surface area (Å²) in [5.41, 5.74) is 0.181. The fourth-order valence-electron chi connectivity index (χ4n) is 2.55. The highest BCUT2D eigenvalue weighted by molar-refractivity contribution is 7.92. The maximum Gasteiger partial charge on any atom is 0.184 e. The topological polar surface area (TPSA) is 46.2 Å². The molecule has 2 rings (SSSR count). The predicted octanol–water partition coefficient (Wildman–Crippen LogP) is 2.04. The Morgan fingerprint density at radius 1 is 1.22 bits per heavy atom. The highest BCUT2D eigenvalue weighted by Gasteiger charge is 2.43. The highest BCUT2D eigenvalue weighted by atomic mass is 32.2. The molecule has 0 amide bonds. The van der Waals surface area contributed by atoms with E-state index in [0.29, 0.717) is 6.07 Å². The van der Waals surface area contributed by atoms with Crippen molar-refractivity contribution in [2.45, 2.75) is 30.0 Å². The van der Waals surface area contributed by atoms with Crippen molar-refractivity contribution in [1.82, 2.24) is 5.32 Å². The van der Waals surface area contributed by atoms with Gasteiger partial charge in [0.1, 0.15) is 16.5 Å². The number of nitrogens with one attached hydrogen (secondary N) is 1. The second-order valence-electron chi connectivity index (χ2n) is 4.68. The molecule has 1 N–H and O–H groups in total. The van der Waals surface area contributed by atoms with Crippen LogP contribution in [0.4, 0.5) is 8.78 Å². The normalized spacial score (nSPS) is 29.9. The van der Waals surface area contributed by atoms with Gasteiger partial charge in [-0.25, -0.2) is 17.2 Å². The lowest BCUT2D eigenvalue weighted by molar-refractivity contribution is 0.369. The lowest BCUT2D eigenvalue weighted by Gasteiger charge is -2.35. The molecule has 0 saturated carbocycles. The molecule has 0 aliphatic carbocycles. The van der Waals surface area contributed by atoms with Crippen LogP contribution in [0.2, 0.25) is 0 Å². The van der Waals surface area contributed by atoms with Crippen molar-refractivity contribution in [1.29, 1.82) is 0 Å². The number of rotatable bonds is 1. The van der Waals surface area contributed by atoms with Crippen LogP contribution in [0, 0.1) is 17.6 Å². The second kappa shape index (κ2) is 4.28. The molecule has 1 heterocycles. The van der Waals surface area contributed by atoms with Crippen LogP contribution in [0.1, 0.15) is 25.5 Å². The molecule has 0 radical (unpaired) electrons. The third-order valence-corrected chi connectivity index (χ3v) is 6.13. The highest BCUT2D eigenvalue weighted by Crippen LogP contribution is 2.41. The van der Waals surface area contributed by atoms with E-state index in [1.165, 1.54) is 0 Å². The maximum atomic E-state index is 13.8. The molecular weight excluding hydrogens is 260 g/mol. The van der Waals surface area contributed by atoms with Crippen LogP contribution < -0.4 is 5.32 Å². The van der Waals surface area contributed by atoms with E-state index < -0.39 is 26.7 Å². The average Bonchev–Trinajstić information content (AvgIpc) is 2.25. The van der Waals surface area contributed by atoms with Crippen molar-refractivity contribution in [3.05, 3.63) is 29.3 Å². The summed E-state index contributed by atoms with van der Waals surface area (Å²) in [6.45, 7) is 3.31. The minimum atomic E-state index is -3.74. The Hall–Kier alpha value is -1.01. The van der Waals surface area contributed by atoms with Crippen LogP contribution in [0.5, 0.6) is 0 Å². The summed E-state index contributed by atoms with van der Waals surface area (Å²) < 4.78 is 51.5. The van der Waals surface area contributed by atoms with E-state index in [-0.39, 0.29) is 22.4 Å². The molecule has 1 aromatic rings. The van der Waals surface area contributed by atoms with E-state index >= 15 is 0 Å². The lowest BCUT2D eigenvalue weighted by atomic mass is 9.91. The Labute approximate surface area is 105 Å². The van der Waals surface area contributed by atoms with Gasteiger partial charge in [0.25, 0.3) is 0 Å². The molecule has 1 aliphatic rings. The predicted molar refractivity (Wildman–Crippen MR) is 64.0 cm³/mol. The van der Waals surface area contributed by atoms with Crippen molar-refractivity contribution in [3.8, 4) is 0 Å². The van der Waals surface area contributed by atoms with Crippen molar-refractivity contribution in [2.75, 3.05) is 7.05 Å². The number of fused-ring (bicyclic) bond motifs is 1. The zero-order chi connectivity index (χ0) is 13.7. The van der Waals surface area contributed by atoms with Gasteiger partial charge in [-0.15, -0.1) is 0 Å². The van der Waals surface area contributed by atoms with Crippen LogP contribution in [0.3, 0.4) is 0 Å². The number of halogens is 2. The minimum Gasteiger partial charge on any atom is -0.313 e. The van der Waals surface area contributed by atoms with Crippen molar-refractivity contribution in [2.24, 2.45) is 5.92 Å². The first-order valence-corrected chi connectivity index (χ1v) is 7.25. The summed E-state index contributed by atoms with van der Waals surface area (Å²) >= 11 is 0. The molecule has 0 spiro atoms. The quantitative estimate of drug-likeness (QED) is 0.798. The fourth-order valence-corrected chi connectivity index (χ4v) is 4.49. The van der Waals surface area contributed by atoms with Gasteiger partial charge < -0.3 is 5.32 Å². The monoisotopic (exact) mass is 275 g/mol. The molecule has 18 heavy (non-hydrogen) atoms. The first-order chi connectivity index (χ1) is 8.30. The first kappa shape index (κ1) is 13.4. The molecule has 3 atom stereocenters. The number of hydrogen-bond donors (Lipinski definition) is 1. The Bertz CT molecular complexity index is 586. The van der Waals surface area contributed by atoms with Crippen LogP contribution >= 0.6 is 0 Å². The van der Waals surface area contributed by atoms with Gasteiger partial charge in [-0.2, -0.15) is 0 Å². The van der Waals surface area contributed by atoms with E-state index in [9.17, 15) is 17.2 Å². The molecule has 1 aliphatic heterocycles. The molecular formula is C12H15F2NO2S. The zero-order valence-electron chi connectivity index (χ0n) is 10.4. The van der Waals surface area contributed by atoms with Gasteiger partial charge in [0.2, 0.25) is 0 Å².